The first-order valence-corrected chi connectivity index (χ1v) is 8.09. The van der Waals surface area contributed by atoms with Gasteiger partial charge in [-0.05, 0) is 26.2 Å². The van der Waals surface area contributed by atoms with Crippen molar-refractivity contribution in [3.8, 4) is 0 Å². The third kappa shape index (κ3) is 4.12. The Labute approximate surface area is 140 Å². The second-order valence-corrected chi connectivity index (χ2v) is 6.52. The van der Waals surface area contributed by atoms with E-state index in [1.165, 1.54) is 10.8 Å². The Bertz CT molecular complexity index is 696. The SMILES string of the molecule is COCCC1(CO)CCCN(C(=O)Cn2cc(C)c(=O)[nH]c2=O)C1. The Kier molecular flexibility index (Phi) is 5.95. The molecule has 2 N–H and O–H groups in total. The van der Waals surface area contributed by atoms with Crippen molar-refractivity contribution < 1.29 is 14.6 Å². The van der Waals surface area contributed by atoms with Crippen LogP contribution in [0.15, 0.2) is 15.8 Å². The van der Waals surface area contributed by atoms with Gasteiger partial charge in [-0.3, -0.25) is 19.1 Å². The van der Waals surface area contributed by atoms with Gasteiger partial charge in [-0.1, -0.05) is 0 Å². The van der Waals surface area contributed by atoms with E-state index >= 15 is 0 Å². The van der Waals surface area contributed by atoms with Crippen LogP contribution >= 0.6 is 0 Å². The standard InChI is InChI=1S/C16H25N3O5/c1-12-8-19(15(23)17-14(12)22)9-13(21)18-6-3-4-16(10-18,11-20)5-7-24-2/h8,20H,3-7,9-11H2,1-2H3,(H,17,22,23). The lowest BCUT2D eigenvalue weighted by Gasteiger charge is -2.42. The minimum absolute atomic E-state index is 0.00213. The zero-order valence-corrected chi connectivity index (χ0v) is 14.2. The number of hydrogen-bond acceptors (Lipinski definition) is 5. The average Bonchev–Trinajstić information content (AvgIpc) is 2.58. The maximum atomic E-state index is 12.6. The first-order chi connectivity index (χ1) is 11.4. The minimum atomic E-state index is -0.594. The number of hydrogen-bond donors (Lipinski definition) is 2. The molecule has 1 atom stereocenters. The number of likely N-dealkylation sites (tertiary alicyclic amines) is 1. The van der Waals surface area contributed by atoms with E-state index in [0.717, 1.165) is 12.8 Å². The lowest BCUT2D eigenvalue weighted by atomic mass is 9.78. The van der Waals surface area contributed by atoms with Crippen molar-refractivity contribution >= 4 is 5.91 Å². The Balaban J connectivity index is 2.10. The molecule has 1 aromatic rings. The van der Waals surface area contributed by atoms with Crippen LogP contribution in [0.4, 0.5) is 0 Å². The Morgan fingerprint density at radius 2 is 2.21 bits per heavy atom. The molecule has 1 amide bonds. The summed E-state index contributed by atoms with van der Waals surface area (Å²) in [6.07, 6.45) is 3.72. The van der Waals surface area contributed by atoms with Crippen LogP contribution in [0.2, 0.25) is 0 Å². The molecule has 0 radical (unpaired) electrons. The van der Waals surface area contributed by atoms with Crippen LogP contribution in [-0.4, -0.2) is 58.9 Å². The maximum absolute atomic E-state index is 12.6. The van der Waals surface area contributed by atoms with Gasteiger partial charge in [0.05, 0.1) is 6.61 Å². The number of aromatic amines is 1. The van der Waals surface area contributed by atoms with Crippen LogP contribution in [0.3, 0.4) is 0 Å². The summed E-state index contributed by atoms with van der Waals surface area (Å²) < 4.78 is 6.32. The number of ether oxygens (including phenoxy) is 1. The zero-order valence-electron chi connectivity index (χ0n) is 14.2. The maximum Gasteiger partial charge on any atom is 0.328 e. The van der Waals surface area contributed by atoms with E-state index in [2.05, 4.69) is 4.98 Å². The number of carbonyl (C=O) groups excluding carboxylic acids is 1. The van der Waals surface area contributed by atoms with Gasteiger partial charge in [-0.2, -0.15) is 0 Å². The second-order valence-electron chi connectivity index (χ2n) is 6.52. The number of nitrogens with zero attached hydrogens (tertiary/aromatic N) is 2. The number of piperidine rings is 1. The molecule has 134 valence electrons. The van der Waals surface area contributed by atoms with E-state index in [4.69, 9.17) is 4.74 Å². The summed E-state index contributed by atoms with van der Waals surface area (Å²) >= 11 is 0. The largest absolute Gasteiger partial charge is 0.396 e. The number of aliphatic hydroxyl groups excluding tert-OH is 1. The number of rotatable bonds is 6. The smallest absolute Gasteiger partial charge is 0.328 e. The number of methoxy groups -OCH3 is 1. The molecular weight excluding hydrogens is 314 g/mol. The van der Waals surface area contributed by atoms with E-state index in [9.17, 15) is 19.5 Å². The highest BCUT2D eigenvalue weighted by Gasteiger charge is 2.36. The lowest BCUT2D eigenvalue weighted by molar-refractivity contribution is -0.136. The van der Waals surface area contributed by atoms with Crippen molar-refractivity contribution in [2.45, 2.75) is 32.7 Å². The van der Waals surface area contributed by atoms with E-state index < -0.39 is 11.2 Å². The van der Waals surface area contributed by atoms with Crippen molar-refractivity contribution in [2.75, 3.05) is 33.4 Å². The number of carbonyl (C=O) groups is 1. The molecule has 0 spiro atoms. The first-order valence-electron chi connectivity index (χ1n) is 8.09. The van der Waals surface area contributed by atoms with Crippen LogP contribution in [0.5, 0.6) is 0 Å². The second kappa shape index (κ2) is 7.76. The topological polar surface area (TPSA) is 105 Å². The van der Waals surface area contributed by atoms with Crippen LogP contribution in [-0.2, 0) is 16.1 Å². The molecule has 0 saturated carbocycles. The number of amides is 1. The highest BCUT2D eigenvalue weighted by atomic mass is 16.5. The van der Waals surface area contributed by atoms with Gasteiger partial charge < -0.3 is 14.7 Å². The Hall–Kier alpha value is -1.93. The van der Waals surface area contributed by atoms with Gasteiger partial charge in [0.25, 0.3) is 5.56 Å². The summed E-state index contributed by atoms with van der Waals surface area (Å²) in [5.74, 6) is -0.196. The molecular formula is C16H25N3O5. The van der Waals surface area contributed by atoms with Crippen LogP contribution < -0.4 is 11.2 Å². The van der Waals surface area contributed by atoms with E-state index in [0.29, 0.717) is 31.7 Å². The lowest BCUT2D eigenvalue weighted by Crippen LogP contribution is -2.50. The molecule has 1 aliphatic rings. The van der Waals surface area contributed by atoms with Crippen LogP contribution in [0, 0.1) is 12.3 Å². The predicted molar refractivity (Wildman–Crippen MR) is 87.9 cm³/mol. The molecule has 1 aromatic heterocycles. The van der Waals surface area contributed by atoms with Crippen molar-refractivity contribution in [1.29, 1.82) is 0 Å². The summed E-state index contributed by atoms with van der Waals surface area (Å²) in [7, 11) is 1.61. The number of nitrogens with one attached hydrogen (secondary N) is 1. The normalized spacial score (nSPS) is 21.0. The third-order valence-electron chi connectivity index (χ3n) is 4.68. The molecule has 1 saturated heterocycles. The summed E-state index contributed by atoms with van der Waals surface area (Å²) in [6.45, 7) is 3.04. The van der Waals surface area contributed by atoms with Gasteiger partial charge in [-0.15, -0.1) is 0 Å². The molecule has 2 rings (SSSR count). The number of aliphatic hydroxyl groups is 1. The molecule has 24 heavy (non-hydrogen) atoms. The van der Waals surface area contributed by atoms with Crippen LogP contribution in [0.1, 0.15) is 24.8 Å². The van der Waals surface area contributed by atoms with Crippen LogP contribution in [0.25, 0.3) is 0 Å². The zero-order chi connectivity index (χ0) is 17.7. The fourth-order valence-electron chi connectivity index (χ4n) is 3.13. The van der Waals surface area contributed by atoms with Crippen molar-refractivity contribution in [2.24, 2.45) is 5.41 Å². The molecule has 1 aliphatic heterocycles. The number of aromatic nitrogens is 2. The Morgan fingerprint density at radius 1 is 1.46 bits per heavy atom. The number of aryl methyl sites for hydroxylation is 1. The van der Waals surface area contributed by atoms with E-state index in [1.807, 2.05) is 0 Å². The van der Waals surface area contributed by atoms with E-state index in [-0.39, 0.29) is 24.5 Å². The fraction of sp³-hybridized carbons (Fsp3) is 0.688. The molecule has 8 heteroatoms. The first kappa shape index (κ1) is 18.4. The molecule has 2 heterocycles. The molecule has 1 fully saturated rings. The van der Waals surface area contributed by atoms with Gasteiger partial charge in [0, 0.05) is 44.0 Å². The fourth-order valence-corrected chi connectivity index (χ4v) is 3.13. The molecule has 0 aliphatic carbocycles. The quantitative estimate of drug-likeness (QED) is 0.726. The molecule has 8 nitrogen and oxygen atoms in total. The molecule has 1 unspecified atom stereocenters. The number of H-pyrrole nitrogens is 1. The third-order valence-corrected chi connectivity index (χ3v) is 4.68. The summed E-state index contributed by atoms with van der Waals surface area (Å²) in [5, 5.41) is 9.78. The van der Waals surface area contributed by atoms with Crippen molar-refractivity contribution in [1.82, 2.24) is 14.5 Å². The summed E-state index contributed by atoms with van der Waals surface area (Å²) in [6, 6.07) is 0. The summed E-state index contributed by atoms with van der Waals surface area (Å²) in [4.78, 5) is 39.6. The predicted octanol–water partition coefficient (Wildman–Crippen LogP) is -0.517. The average molecular weight is 339 g/mol. The monoisotopic (exact) mass is 339 g/mol. The van der Waals surface area contributed by atoms with E-state index in [1.54, 1.807) is 18.9 Å². The van der Waals surface area contributed by atoms with Gasteiger partial charge in [0.1, 0.15) is 6.54 Å². The molecule has 0 aromatic carbocycles. The Morgan fingerprint density at radius 3 is 2.88 bits per heavy atom. The summed E-state index contributed by atoms with van der Waals surface area (Å²) in [5.41, 5.74) is -1.01. The highest BCUT2D eigenvalue weighted by Crippen LogP contribution is 2.33. The molecule has 0 bridgehead atoms. The van der Waals surface area contributed by atoms with Gasteiger partial charge in [0.15, 0.2) is 0 Å². The van der Waals surface area contributed by atoms with Gasteiger partial charge in [0.2, 0.25) is 5.91 Å². The van der Waals surface area contributed by atoms with Gasteiger partial charge >= 0.3 is 5.69 Å². The highest BCUT2D eigenvalue weighted by molar-refractivity contribution is 5.76. The van der Waals surface area contributed by atoms with Crippen molar-refractivity contribution in [3.63, 3.8) is 0 Å². The van der Waals surface area contributed by atoms with Gasteiger partial charge in [-0.25, -0.2) is 4.79 Å². The minimum Gasteiger partial charge on any atom is -0.396 e. The van der Waals surface area contributed by atoms with Crippen molar-refractivity contribution in [3.05, 3.63) is 32.6 Å².